The lowest BCUT2D eigenvalue weighted by atomic mass is 10.3. The third-order valence-corrected chi connectivity index (χ3v) is 6.61. The molecule has 112 valence electrons. The van der Waals surface area contributed by atoms with Crippen LogP contribution >= 0.6 is 38.9 Å². The molecule has 0 aliphatic heterocycles. The van der Waals surface area contributed by atoms with Gasteiger partial charge in [0, 0.05) is 6.07 Å². The Morgan fingerprint density at radius 3 is 2.52 bits per heavy atom. The molecule has 0 radical (unpaired) electrons. The molecule has 21 heavy (non-hydrogen) atoms. The predicted molar refractivity (Wildman–Crippen MR) is 80.9 cm³/mol. The first-order valence-electron chi connectivity index (χ1n) is 5.12. The quantitative estimate of drug-likeness (QED) is 0.603. The molecule has 0 fully saturated rings. The standard InChI is InChI=1S/C10H5BrClFN2O4S2/c11-10-6(12)4-9(20-10)21(18,19)14-8-2-1-5(15(16)17)3-7(8)13/h1-4,14H. The van der Waals surface area contributed by atoms with Crippen LogP contribution in [0.2, 0.25) is 5.02 Å². The fraction of sp³-hybridized carbons (Fsp3) is 0. The monoisotopic (exact) mass is 414 g/mol. The van der Waals surface area contributed by atoms with Crippen LogP contribution in [0, 0.1) is 15.9 Å². The maximum Gasteiger partial charge on any atom is 0.272 e. The van der Waals surface area contributed by atoms with Crippen LogP contribution in [0.4, 0.5) is 15.8 Å². The van der Waals surface area contributed by atoms with Gasteiger partial charge < -0.3 is 0 Å². The lowest BCUT2D eigenvalue weighted by Gasteiger charge is -2.06. The zero-order chi connectivity index (χ0) is 15.8. The lowest BCUT2D eigenvalue weighted by Crippen LogP contribution is -2.12. The number of nitro groups is 1. The van der Waals surface area contributed by atoms with Crippen molar-refractivity contribution in [3.63, 3.8) is 0 Å². The van der Waals surface area contributed by atoms with Crippen molar-refractivity contribution in [3.05, 3.63) is 49.0 Å². The molecule has 0 saturated heterocycles. The Morgan fingerprint density at radius 1 is 1.38 bits per heavy atom. The van der Waals surface area contributed by atoms with Gasteiger partial charge in [0.05, 0.1) is 25.5 Å². The lowest BCUT2D eigenvalue weighted by molar-refractivity contribution is -0.385. The average Bonchev–Trinajstić information content (AvgIpc) is 2.72. The fourth-order valence-corrected chi connectivity index (χ4v) is 4.82. The molecule has 0 aliphatic rings. The molecule has 6 nitrogen and oxygen atoms in total. The second-order valence-electron chi connectivity index (χ2n) is 3.71. The fourth-order valence-electron chi connectivity index (χ4n) is 1.35. The number of hydrogen-bond acceptors (Lipinski definition) is 5. The van der Waals surface area contributed by atoms with Crippen molar-refractivity contribution < 1.29 is 17.7 Å². The summed E-state index contributed by atoms with van der Waals surface area (Å²) in [6.07, 6.45) is 0. The van der Waals surface area contributed by atoms with Gasteiger partial charge in [-0.15, -0.1) is 11.3 Å². The Kier molecular flexibility index (Phi) is 4.51. The molecule has 0 bridgehead atoms. The highest BCUT2D eigenvalue weighted by Gasteiger charge is 2.21. The normalized spacial score (nSPS) is 11.4. The van der Waals surface area contributed by atoms with E-state index in [-0.39, 0.29) is 14.9 Å². The smallest absolute Gasteiger partial charge is 0.272 e. The van der Waals surface area contributed by atoms with Gasteiger partial charge in [0.1, 0.15) is 4.21 Å². The van der Waals surface area contributed by atoms with Gasteiger partial charge in [-0.25, -0.2) is 12.8 Å². The Labute approximate surface area is 135 Å². The van der Waals surface area contributed by atoms with E-state index in [0.29, 0.717) is 9.85 Å². The third kappa shape index (κ3) is 3.51. The van der Waals surface area contributed by atoms with Crippen molar-refractivity contribution in [1.82, 2.24) is 0 Å². The summed E-state index contributed by atoms with van der Waals surface area (Å²) in [4.78, 5) is 9.71. The molecule has 0 aliphatic carbocycles. The molecule has 1 heterocycles. The molecule has 0 spiro atoms. The van der Waals surface area contributed by atoms with Crippen LogP contribution < -0.4 is 4.72 Å². The van der Waals surface area contributed by atoms with E-state index < -0.39 is 26.5 Å². The second kappa shape index (κ2) is 5.87. The first-order chi connectivity index (χ1) is 9.70. The summed E-state index contributed by atoms with van der Waals surface area (Å²) in [5, 5.41) is 10.7. The van der Waals surface area contributed by atoms with Gasteiger partial charge in [0.15, 0.2) is 5.82 Å². The van der Waals surface area contributed by atoms with E-state index >= 15 is 0 Å². The molecular weight excluding hydrogens is 411 g/mol. The maximum absolute atomic E-state index is 13.7. The molecule has 0 unspecified atom stereocenters. The van der Waals surface area contributed by atoms with Crippen molar-refractivity contribution in [2.24, 2.45) is 0 Å². The van der Waals surface area contributed by atoms with Crippen molar-refractivity contribution >= 4 is 60.3 Å². The average molecular weight is 416 g/mol. The number of non-ortho nitro benzene ring substituents is 1. The van der Waals surface area contributed by atoms with Crippen molar-refractivity contribution in [1.29, 1.82) is 0 Å². The highest BCUT2D eigenvalue weighted by molar-refractivity contribution is 9.11. The van der Waals surface area contributed by atoms with Gasteiger partial charge >= 0.3 is 0 Å². The Balaban J connectivity index is 2.35. The number of benzene rings is 1. The van der Waals surface area contributed by atoms with Crippen LogP contribution in [-0.4, -0.2) is 13.3 Å². The highest BCUT2D eigenvalue weighted by Crippen LogP contribution is 2.35. The summed E-state index contributed by atoms with van der Waals surface area (Å²) in [6, 6.07) is 3.82. The largest absolute Gasteiger partial charge is 0.276 e. The SMILES string of the molecule is O=[N+]([O-])c1ccc(NS(=O)(=O)c2cc(Cl)c(Br)s2)c(F)c1. The summed E-state index contributed by atoms with van der Waals surface area (Å²) in [5.74, 6) is -1.05. The van der Waals surface area contributed by atoms with E-state index in [2.05, 4.69) is 15.9 Å². The Morgan fingerprint density at radius 2 is 2.05 bits per heavy atom. The maximum atomic E-state index is 13.7. The molecule has 0 saturated carbocycles. The molecule has 1 aromatic heterocycles. The number of halogens is 3. The summed E-state index contributed by atoms with van der Waals surface area (Å²) >= 11 is 9.68. The first-order valence-corrected chi connectivity index (χ1v) is 8.59. The molecule has 0 atom stereocenters. The van der Waals surface area contributed by atoms with E-state index in [1.165, 1.54) is 6.07 Å². The van der Waals surface area contributed by atoms with Gasteiger partial charge in [-0.1, -0.05) is 11.6 Å². The van der Waals surface area contributed by atoms with E-state index in [1.807, 2.05) is 4.72 Å². The van der Waals surface area contributed by atoms with E-state index in [1.54, 1.807) is 0 Å². The topological polar surface area (TPSA) is 89.3 Å². The molecule has 0 amide bonds. The van der Waals surface area contributed by atoms with Gasteiger partial charge in [-0.05, 0) is 28.1 Å². The number of nitrogens with zero attached hydrogens (tertiary/aromatic N) is 1. The van der Waals surface area contributed by atoms with Gasteiger partial charge in [-0.3, -0.25) is 14.8 Å². The van der Waals surface area contributed by atoms with Gasteiger partial charge in [0.25, 0.3) is 15.7 Å². The van der Waals surface area contributed by atoms with Crippen LogP contribution in [0.15, 0.2) is 32.3 Å². The molecule has 1 aromatic carbocycles. The van der Waals surface area contributed by atoms with Crippen LogP contribution in [0.1, 0.15) is 0 Å². The van der Waals surface area contributed by atoms with Crippen LogP contribution in [-0.2, 0) is 10.0 Å². The zero-order valence-corrected chi connectivity index (χ0v) is 13.8. The number of rotatable bonds is 4. The van der Waals surface area contributed by atoms with Crippen molar-refractivity contribution in [2.45, 2.75) is 4.21 Å². The number of nitro benzene ring substituents is 1. The number of thiophene rings is 1. The minimum Gasteiger partial charge on any atom is -0.276 e. The zero-order valence-electron chi connectivity index (χ0n) is 9.84. The summed E-state index contributed by atoms with van der Waals surface area (Å²) in [5.41, 5.74) is -0.862. The second-order valence-corrected chi connectivity index (χ2v) is 8.40. The number of nitrogens with one attached hydrogen (secondary N) is 1. The summed E-state index contributed by atoms with van der Waals surface area (Å²) in [7, 11) is -4.03. The summed E-state index contributed by atoms with van der Waals surface area (Å²) in [6.45, 7) is 0. The minimum atomic E-state index is -4.03. The molecule has 2 rings (SSSR count). The van der Waals surface area contributed by atoms with E-state index in [4.69, 9.17) is 11.6 Å². The molecule has 2 aromatic rings. The third-order valence-electron chi connectivity index (χ3n) is 2.30. The van der Waals surface area contributed by atoms with Gasteiger partial charge in [-0.2, -0.15) is 0 Å². The number of anilines is 1. The molecule has 1 N–H and O–H groups in total. The molecule has 11 heteroatoms. The molecular formula is C10H5BrClFN2O4S2. The highest BCUT2D eigenvalue weighted by atomic mass is 79.9. The van der Waals surface area contributed by atoms with Gasteiger partial charge in [0.2, 0.25) is 0 Å². The van der Waals surface area contributed by atoms with Crippen LogP contribution in [0.5, 0.6) is 0 Å². The Hall–Kier alpha value is -1.23. The predicted octanol–water partition coefficient (Wildman–Crippen LogP) is 4.01. The van der Waals surface area contributed by atoms with E-state index in [0.717, 1.165) is 23.5 Å². The van der Waals surface area contributed by atoms with E-state index in [9.17, 15) is 22.9 Å². The van der Waals surface area contributed by atoms with Crippen LogP contribution in [0.25, 0.3) is 0 Å². The Bertz CT molecular complexity index is 805. The first kappa shape index (κ1) is 16.1. The van der Waals surface area contributed by atoms with Crippen LogP contribution in [0.3, 0.4) is 0 Å². The van der Waals surface area contributed by atoms with Crippen molar-refractivity contribution in [2.75, 3.05) is 4.72 Å². The summed E-state index contributed by atoms with van der Waals surface area (Å²) < 4.78 is 40.1. The number of sulfonamides is 1. The minimum absolute atomic E-state index is 0.114. The number of hydrogen-bond donors (Lipinski definition) is 1. The van der Waals surface area contributed by atoms with Crippen molar-refractivity contribution in [3.8, 4) is 0 Å².